The summed E-state index contributed by atoms with van der Waals surface area (Å²) in [5, 5.41) is 16.4. The summed E-state index contributed by atoms with van der Waals surface area (Å²) in [6, 6.07) is 19.8. The van der Waals surface area contributed by atoms with Crippen LogP contribution in [0.3, 0.4) is 0 Å². The fraction of sp³-hybridized carbons (Fsp3) is 0.167. The first-order chi connectivity index (χ1) is 15.7. The topological polar surface area (TPSA) is 66.8 Å². The van der Waals surface area contributed by atoms with Gasteiger partial charge in [0, 0.05) is 18.1 Å². The second kappa shape index (κ2) is 7.78. The first-order valence-electron chi connectivity index (χ1n) is 10.4. The van der Waals surface area contributed by atoms with Gasteiger partial charge in [0.05, 0.1) is 17.2 Å². The van der Waals surface area contributed by atoms with Gasteiger partial charge < -0.3 is 9.52 Å². The van der Waals surface area contributed by atoms with Gasteiger partial charge >= 0.3 is 0 Å². The third-order valence-corrected chi connectivity index (χ3v) is 7.23. The van der Waals surface area contributed by atoms with Crippen LogP contribution in [0, 0.1) is 0 Å². The molecule has 5 aromatic rings. The van der Waals surface area contributed by atoms with Gasteiger partial charge in [0.2, 0.25) is 16.7 Å². The van der Waals surface area contributed by atoms with E-state index in [9.17, 15) is 5.11 Å². The number of aromatic hydroxyl groups is 1. The van der Waals surface area contributed by atoms with E-state index in [1.807, 2.05) is 24.3 Å². The number of hydrogen-bond donors (Lipinski definition) is 1. The summed E-state index contributed by atoms with van der Waals surface area (Å²) in [6.07, 6.45) is 2.55. The SMILES string of the molecule is Oc1c([C@@H](c2ccc(Cl)cc2)N2CCc3ccccc3C2)sc2nc(-c3ccco3)nn12. The highest BCUT2D eigenvalue weighted by molar-refractivity contribution is 7.17. The minimum absolute atomic E-state index is 0.106. The van der Waals surface area contributed by atoms with Crippen molar-refractivity contribution in [3.63, 3.8) is 0 Å². The molecule has 1 aliphatic rings. The van der Waals surface area contributed by atoms with Crippen molar-refractivity contribution in [3.8, 4) is 17.5 Å². The van der Waals surface area contributed by atoms with Crippen LogP contribution in [0.4, 0.5) is 0 Å². The molecule has 6 nitrogen and oxygen atoms in total. The van der Waals surface area contributed by atoms with Crippen molar-refractivity contribution in [2.75, 3.05) is 6.54 Å². The largest absolute Gasteiger partial charge is 0.492 e. The lowest BCUT2D eigenvalue weighted by atomic mass is 9.96. The minimum atomic E-state index is -0.138. The van der Waals surface area contributed by atoms with Crippen molar-refractivity contribution < 1.29 is 9.52 Å². The Labute approximate surface area is 193 Å². The Hall–Kier alpha value is -3.13. The average molecular weight is 463 g/mol. The molecule has 0 unspecified atom stereocenters. The van der Waals surface area contributed by atoms with E-state index in [0.717, 1.165) is 30.0 Å². The minimum Gasteiger partial charge on any atom is -0.492 e. The number of hydrogen-bond acceptors (Lipinski definition) is 6. The fourth-order valence-electron chi connectivity index (χ4n) is 4.35. The second-order valence-corrected chi connectivity index (χ2v) is 9.29. The number of nitrogens with zero attached hydrogens (tertiary/aromatic N) is 4. The number of halogens is 1. The summed E-state index contributed by atoms with van der Waals surface area (Å²) in [5.41, 5.74) is 3.77. The molecule has 8 heteroatoms. The van der Waals surface area contributed by atoms with E-state index in [0.29, 0.717) is 21.6 Å². The normalized spacial score (nSPS) is 15.2. The number of rotatable bonds is 4. The molecule has 0 spiro atoms. The number of thiazole rings is 1. The van der Waals surface area contributed by atoms with Crippen molar-refractivity contribution in [3.05, 3.63) is 93.5 Å². The molecule has 0 saturated carbocycles. The number of fused-ring (bicyclic) bond motifs is 2. The predicted octanol–water partition coefficient (Wildman–Crippen LogP) is 5.56. The molecule has 0 saturated heterocycles. The average Bonchev–Trinajstić information content (AvgIpc) is 3.54. The highest BCUT2D eigenvalue weighted by Crippen LogP contribution is 2.42. The van der Waals surface area contributed by atoms with E-state index in [2.05, 4.69) is 39.2 Å². The molecule has 1 aliphatic heterocycles. The van der Waals surface area contributed by atoms with E-state index >= 15 is 0 Å². The molecule has 3 aromatic heterocycles. The van der Waals surface area contributed by atoms with Crippen LogP contribution in [0.2, 0.25) is 5.02 Å². The van der Waals surface area contributed by atoms with Gasteiger partial charge in [0.15, 0.2) is 5.76 Å². The first-order valence-corrected chi connectivity index (χ1v) is 11.6. The zero-order valence-corrected chi connectivity index (χ0v) is 18.6. The van der Waals surface area contributed by atoms with Crippen molar-refractivity contribution >= 4 is 27.9 Å². The van der Waals surface area contributed by atoms with Gasteiger partial charge in [0.25, 0.3) is 0 Å². The van der Waals surface area contributed by atoms with Crippen LogP contribution in [0.1, 0.15) is 27.6 Å². The van der Waals surface area contributed by atoms with Gasteiger partial charge in [-0.25, -0.2) is 0 Å². The molecule has 1 atom stereocenters. The molecule has 1 N–H and O–H groups in total. The predicted molar refractivity (Wildman–Crippen MR) is 124 cm³/mol. The van der Waals surface area contributed by atoms with Crippen molar-refractivity contribution in [1.29, 1.82) is 0 Å². The maximum Gasteiger partial charge on any atom is 0.230 e. The highest BCUT2D eigenvalue weighted by atomic mass is 35.5. The van der Waals surface area contributed by atoms with Crippen LogP contribution in [0.5, 0.6) is 5.88 Å². The Morgan fingerprint density at radius 1 is 1.03 bits per heavy atom. The van der Waals surface area contributed by atoms with Crippen LogP contribution in [0.25, 0.3) is 16.5 Å². The Bertz CT molecular complexity index is 1390. The van der Waals surface area contributed by atoms with Crippen molar-refractivity contribution in [1.82, 2.24) is 19.5 Å². The molecular formula is C24H19ClN4O2S. The molecule has 32 heavy (non-hydrogen) atoms. The lowest BCUT2D eigenvalue weighted by Crippen LogP contribution is -2.34. The van der Waals surface area contributed by atoms with Gasteiger partial charge in [-0.1, -0.05) is 59.3 Å². The number of benzene rings is 2. The van der Waals surface area contributed by atoms with Crippen LogP contribution >= 0.6 is 22.9 Å². The summed E-state index contributed by atoms with van der Waals surface area (Å²) in [5.74, 6) is 1.14. The second-order valence-electron chi connectivity index (χ2n) is 7.84. The monoisotopic (exact) mass is 462 g/mol. The fourth-order valence-corrected chi connectivity index (χ4v) is 5.59. The molecule has 0 bridgehead atoms. The zero-order valence-electron chi connectivity index (χ0n) is 17.0. The first kappa shape index (κ1) is 19.5. The third kappa shape index (κ3) is 3.30. The summed E-state index contributed by atoms with van der Waals surface area (Å²) in [4.78, 5) is 8.42. The maximum atomic E-state index is 11.2. The molecule has 4 heterocycles. The summed E-state index contributed by atoms with van der Waals surface area (Å²) in [7, 11) is 0. The van der Waals surface area contributed by atoms with Crippen molar-refractivity contribution in [2.45, 2.75) is 19.0 Å². The smallest absolute Gasteiger partial charge is 0.230 e. The summed E-state index contributed by atoms with van der Waals surface area (Å²) in [6.45, 7) is 1.68. The van der Waals surface area contributed by atoms with E-state index in [-0.39, 0.29) is 11.9 Å². The molecule has 6 rings (SSSR count). The van der Waals surface area contributed by atoms with Gasteiger partial charge in [-0.05, 0) is 47.4 Å². The Morgan fingerprint density at radius 3 is 2.59 bits per heavy atom. The van der Waals surface area contributed by atoms with Gasteiger partial charge in [-0.2, -0.15) is 9.50 Å². The number of furan rings is 1. The van der Waals surface area contributed by atoms with Crippen LogP contribution in [0.15, 0.2) is 71.3 Å². The van der Waals surface area contributed by atoms with Crippen molar-refractivity contribution in [2.24, 2.45) is 0 Å². The summed E-state index contributed by atoms with van der Waals surface area (Å²) < 4.78 is 6.91. The third-order valence-electron chi connectivity index (χ3n) is 5.90. The molecule has 0 amide bonds. The van der Waals surface area contributed by atoms with E-state index < -0.39 is 0 Å². The Kier molecular flexibility index (Phi) is 4.75. The van der Waals surface area contributed by atoms with E-state index in [1.54, 1.807) is 18.4 Å². The van der Waals surface area contributed by atoms with Crippen LogP contribution < -0.4 is 0 Å². The van der Waals surface area contributed by atoms with E-state index in [4.69, 9.17) is 16.0 Å². The molecule has 2 aromatic carbocycles. The lowest BCUT2D eigenvalue weighted by molar-refractivity contribution is 0.205. The molecular weight excluding hydrogens is 444 g/mol. The van der Waals surface area contributed by atoms with E-state index in [1.165, 1.54) is 27.0 Å². The maximum absolute atomic E-state index is 11.2. The van der Waals surface area contributed by atoms with Gasteiger partial charge in [-0.3, -0.25) is 4.90 Å². The van der Waals surface area contributed by atoms with Crippen LogP contribution in [-0.4, -0.2) is 31.1 Å². The molecule has 0 fully saturated rings. The van der Waals surface area contributed by atoms with Crippen LogP contribution in [-0.2, 0) is 13.0 Å². The lowest BCUT2D eigenvalue weighted by Gasteiger charge is -2.35. The molecule has 160 valence electrons. The highest BCUT2D eigenvalue weighted by Gasteiger charge is 2.31. The zero-order chi connectivity index (χ0) is 21.7. The standard InChI is InChI=1S/C24H19ClN4O2S/c25-18-9-7-16(8-10-18)20(28-12-11-15-4-1-2-5-17(15)14-28)21-23(30)29-24(32-21)26-22(27-29)19-6-3-13-31-19/h1-10,13,20,30H,11-12,14H2/t20-/m1/s1. The molecule has 0 radical (unpaired) electrons. The Morgan fingerprint density at radius 2 is 1.84 bits per heavy atom. The summed E-state index contributed by atoms with van der Waals surface area (Å²) >= 11 is 7.61. The molecule has 0 aliphatic carbocycles. The van der Waals surface area contributed by atoms with Gasteiger partial charge in [-0.15, -0.1) is 5.10 Å². The van der Waals surface area contributed by atoms with Gasteiger partial charge in [0.1, 0.15) is 0 Å². The Balaban J connectivity index is 1.44. The quantitative estimate of drug-likeness (QED) is 0.379. The number of aromatic nitrogens is 3.